The molecule has 108 valence electrons. The topological polar surface area (TPSA) is 37.3 Å². The summed E-state index contributed by atoms with van der Waals surface area (Å²) in [4.78, 5) is 9.19. The fourth-order valence-electron chi connectivity index (χ4n) is 2.45. The van der Waals surface area contributed by atoms with Crippen molar-refractivity contribution in [3.63, 3.8) is 0 Å². The van der Waals surface area contributed by atoms with E-state index in [1.807, 2.05) is 18.2 Å². The molecule has 3 rings (SSSR count). The Kier molecular flexibility index (Phi) is 4.70. The van der Waals surface area contributed by atoms with E-state index in [0.717, 1.165) is 40.0 Å². The Hall–Kier alpha value is -1.20. The van der Waals surface area contributed by atoms with Gasteiger partial charge < -0.3 is 5.32 Å². The van der Waals surface area contributed by atoms with Crippen molar-refractivity contribution in [2.75, 3.05) is 5.32 Å². The number of rotatable bonds is 2. The number of nitrogens with one attached hydrogen (secondary N) is 1. The number of amidine groups is 1. The van der Waals surface area contributed by atoms with Crippen LogP contribution in [0, 0.1) is 0 Å². The molecule has 5 heteroatoms. The van der Waals surface area contributed by atoms with E-state index in [-0.39, 0.29) is 6.04 Å². The number of hydrogen-bond acceptors (Lipinski definition) is 3. The Balaban J connectivity index is 1.80. The number of pyridine rings is 1. The third-order valence-electron chi connectivity index (χ3n) is 3.48. The summed E-state index contributed by atoms with van der Waals surface area (Å²) in [5.74, 6) is 1.03. The van der Waals surface area contributed by atoms with Crippen molar-refractivity contribution in [3.8, 4) is 0 Å². The highest BCUT2D eigenvalue weighted by molar-refractivity contribution is 9.11. The fraction of sp³-hybridized carbons (Fsp3) is 0.250. The van der Waals surface area contributed by atoms with E-state index in [1.165, 1.54) is 5.56 Å². The molecule has 0 bridgehead atoms. The van der Waals surface area contributed by atoms with E-state index in [4.69, 9.17) is 4.99 Å². The van der Waals surface area contributed by atoms with E-state index in [2.05, 4.69) is 66.4 Å². The molecule has 1 N–H and O–H groups in total. The number of benzene rings is 1. The van der Waals surface area contributed by atoms with Crippen LogP contribution in [0.3, 0.4) is 0 Å². The molecule has 0 radical (unpaired) electrons. The SMILES string of the molecule is Brc1ccc(NC2=NC(c3ccccc3)CCC2)c(Br)n1. The maximum atomic E-state index is 4.86. The second-order valence-corrected chi connectivity index (χ2v) is 6.56. The normalized spacial score (nSPS) is 18.2. The number of anilines is 1. The zero-order chi connectivity index (χ0) is 14.7. The van der Waals surface area contributed by atoms with Gasteiger partial charge in [-0.05, 0) is 62.4 Å². The molecule has 0 spiro atoms. The van der Waals surface area contributed by atoms with Crippen LogP contribution < -0.4 is 5.32 Å². The largest absolute Gasteiger partial charge is 0.342 e. The minimum atomic E-state index is 0.254. The van der Waals surface area contributed by atoms with Gasteiger partial charge in [-0.25, -0.2) is 4.98 Å². The van der Waals surface area contributed by atoms with Crippen LogP contribution in [-0.2, 0) is 0 Å². The molecule has 0 saturated carbocycles. The van der Waals surface area contributed by atoms with E-state index in [9.17, 15) is 0 Å². The number of halogens is 2. The van der Waals surface area contributed by atoms with Crippen molar-refractivity contribution < 1.29 is 0 Å². The van der Waals surface area contributed by atoms with Gasteiger partial charge in [-0.1, -0.05) is 30.3 Å². The van der Waals surface area contributed by atoms with Crippen LogP contribution in [0.1, 0.15) is 30.9 Å². The lowest BCUT2D eigenvalue weighted by molar-refractivity contribution is 0.596. The van der Waals surface area contributed by atoms with Crippen molar-refractivity contribution in [2.24, 2.45) is 4.99 Å². The quantitative estimate of drug-likeness (QED) is 0.680. The van der Waals surface area contributed by atoms with Crippen LogP contribution in [-0.4, -0.2) is 10.8 Å². The Bertz CT molecular complexity index is 656. The predicted octanol–water partition coefficient (Wildman–Crippen LogP) is 5.34. The molecule has 21 heavy (non-hydrogen) atoms. The first kappa shape index (κ1) is 14.7. The Morgan fingerprint density at radius 1 is 1.05 bits per heavy atom. The minimum absolute atomic E-state index is 0.254. The van der Waals surface area contributed by atoms with Gasteiger partial charge in [0.25, 0.3) is 0 Å². The molecule has 1 aliphatic heterocycles. The molecule has 3 nitrogen and oxygen atoms in total. The summed E-state index contributed by atoms with van der Waals surface area (Å²) in [6.45, 7) is 0. The predicted molar refractivity (Wildman–Crippen MR) is 93.7 cm³/mol. The van der Waals surface area contributed by atoms with E-state index in [0.29, 0.717) is 0 Å². The monoisotopic (exact) mass is 407 g/mol. The maximum absolute atomic E-state index is 4.86. The van der Waals surface area contributed by atoms with Crippen LogP contribution >= 0.6 is 31.9 Å². The van der Waals surface area contributed by atoms with Gasteiger partial charge in [0, 0.05) is 6.42 Å². The highest BCUT2D eigenvalue weighted by Crippen LogP contribution is 2.29. The lowest BCUT2D eigenvalue weighted by atomic mass is 9.98. The molecule has 0 fully saturated rings. The molecule has 1 unspecified atom stereocenters. The average molecular weight is 409 g/mol. The maximum Gasteiger partial charge on any atom is 0.130 e. The summed E-state index contributed by atoms with van der Waals surface area (Å²) < 4.78 is 1.61. The van der Waals surface area contributed by atoms with E-state index in [1.54, 1.807) is 0 Å². The van der Waals surface area contributed by atoms with Gasteiger partial charge in [0.15, 0.2) is 0 Å². The minimum Gasteiger partial charge on any atom is -0.342 e. The summed E-state index contributed by atoms with van der Waals surface area (Å²) in [6, 6.07) is 14.6. The molecule has 1 aliphatic rings. The van der Waals surface area contributed by atoms with Crippen LogP contribution in [0.15, 0.2) is 56.7 Å². The summed E-state index contributed by atoms with van der Waals surface area (Å²) in [5, 5.41) is 3.40. The van der Waals surface area contributed by atoms with Gasteiger partial charge >= 0.3 is 0 Å². The van der Waals surface area contributed by atoms with E-state index < -0.39 is 0 Å². The molecular formula is C16H15Br2N3. The van der Waals surface area contributed by atoms with Crippen molar-refractivity contribution in [3.05, 3.63) is 57.2 Å². The summed E-state index contributed by atoms with van der Waals surface area (Å²) in [7, 11) is 0. The van der Waals surface area contributed by atoms with Gasteiger partial charge in [-0.15, -0.1) is 0 Å². The molecule has 0 saturated heterocycles. The van der Waals surface area contributed by atoms with Crippen molar-refractivity contribution in [2.45, 2.75) is 25.3 Å². The van der Waals surface area contributed by atoms with Crippen LogP contribution in [0.5, 0.6) is 0 Å². The second-order valence-electron chi connectivity index (χ2n) is 4.99. The van der Waals surface area contributed by atoms with Gasteiger partial charge in [0.1, 0.15) is 15.0 Å². The smallest absolute Gasteiger partial charge is 0.130 e. The number of hydrogen-bond donors (Lipinski definition) is 1. The fourth-order valence-corrected chi connectivity index (χ4v) is 3.42. The standard InChI is InChI=1S/C16H15Br2N3/c17-14-10-9-13(16(18)21-14)20-15-8-4-7-12(19-15)11-5-2-1-3-6-11/h1-3,5-6,9-10,12H,4,7-8H2,(H,19,20). The highest BCUT2D eigenvalue weighted by Gasteiger charge is 2.17. The first-order chi connectivity index (χ1) is 10.2. The van der Waals surface area contributed by atoms with Gasteiger partial charge in [-0.2, -0.15) is 0 Å². The van der Waals surface area contributed by atoms with Crippen molar-refractivity contribution in [1.29, 1.82) is 0 Å². The number of nitrogens with zero attached hydrogens (tertiary/aromatic N) is 2. The van der Waals surface area contributed by atoms with Crippen molar-refractivity contribution in [1.82, 2.24) is 4.98 Å². The van der Waals surface area contributed by atoms with Gasteiger partial charge in [0.05, 0.1) is 11.7 Å². The Labute approximate surface area is 141 Å². The molecular weight excluding hydrogens is 394 g/mol. The lowest BCUT2D eigenvalue weighted by Crippen LogP contribution is -2.18. The lowest BCUT2D eigenvalue weighted by Gasteiger charge is -2.22. The Morgan fingerprint density at radius 3 is 2.62 bits per heavy atom. The summed E-state index contributed by atoms with van der Waals surface area (Å²) in [6.07, 6.45) is 3.23. The Morgan fingerprint density at radius 2 is 1.86 bits per heavy atom. The average Bonchev–Trinajstić information content (AvgIpc) is 2.51. The van der Waals surface area contributed by atoms with Crippen molar-refractivity contribution >= 4 is 43.4 Å². The van der Waals surface area contributed by atoms with Crippen LogP contribution in [0.2, 0.25) is 0 Å². The number of aliphatic imine (C=N–C) groups is 1. The van der Waals surface area contributed by atoms with Gasteiger partial charge in [-0.3, -0.25) is 4.99 Å². The number of aromatic nitrogens is 1. The first-order valence-electron chi connectivity index (χ1n) is 6.93. The van der Waals surface area contributed by atoms with Crippen LogP contribution in [0.25, 0.3) is 0 Å². The molecule has 0 amide bonds. The molecule has 1 aromatic heterocycles. The third kappa shape index (κ3) is 3.71. The zero-order valence-corrected chi connectivity index (χ0v) is 14.6. The summed E-state index contributed by atoms with van der Waals surface area (Å²) >= 11 is 6.84. The second kappa shape index (κ2) is 6.71. The van der Waals surface area contributed by atoms with Crippen LogP contribution in [0.4, 0.5) is 5.69 Å². The third-order valence-corrected chi connectivity index (χ3v) is 4.53. The summed E-state index contributed by atoms with van der Waals surface area (Å²) in [5.41, 5.74) is 2.23. The highest BCUT2D eigenvalue weighted by atomic mass is 79.9. The molecule has 1 atom stereocenters. The first-order valence-corrected chi connectivity index (χ1v) is 8.51. The molecule has 0 aliphatic carbocycles. The molecule has 1 aromatic carbocycles. The van der Waals surface area contributed by atoms with E-state index >= 15 is 0 Å². The molecule has 2 aromatic rings. The zero-order valence-electron chi connectivity index (χ0n) is 11.4. The van der Waals surface area contributed by atoms with Gasteiger partial charge in [0.2, 0.25) is 0 Å². The molecule has 2 heterocycles.